The minimum atomic E-state index is 0.549. The average Bonchev–Trinajstić information content (AvgIpc) is 3.11. The highest BCUT2D eigenvalue weighted by Crippen LogP contribution is 2.30. The molecule has 0 saturated carbocycles. The molecule has 0 aliphatic rings. The van der Waals surface area contributed by atoms with Crippen molar-refractivity contribution < 1.29 is 0 Å². The predicted molar refractivity (Wildman–Crippen MR) is 99.8 cm³/mol. The van der Waals surface area contributed by atoms with E-state index in [2.05, 4.69) is 42.0 Å². The summed E-state index contributed by atoms with van der Waals surface area (Å²) in [4.78, 5) is 4.77. The van der Waals surface area contributed by atoms with Crippen LogP contribution in [-0.2, 0) is 7.05 Å². The maximum atomic E-state index is 6.14. The lowest BCUT2D eigenvalue weighted by Crippen LogP contribution is -1.93. The van der Waals surface area contributed by atoms with Gasteiger partial charge in [-0.15, -0.1) is 0 Å². The van der Waals surface area contributed by atoms with Crippen LogP contribution in [0.15, 0.2) is 54.9 Å². The largest absolute Gasteiger partial charge is 0.313 e. The number of hydrogen-bond acceptors (Lipinski definition) is 1. The summed E-state index contributed by atoms with van der Waals surface area (Å²) >= 11 is 12.2. The molecule has 120 valence electrons. The van der Waals surface area contributed by atoms with Crippen LogP contribution in [0.1, 0.15) is 5.56 Å². The van der Waals surface area contributed by atoms with E-state index in [1.54, 1.807) is 0 Å². The number of aromatic nitrogens is 3. The van der Waals surface area contributed by atoms with E-state index in [0.717, 1.165) is 28.3 Å². The van der Waals surface area contributed by atoms with Crippen LogP contribution in [0.25, 0.3) is 28.3 Å². The molecule has 0 aliphatic carbocycles. The van der Waals surface area contributed by atoms with Gasteiger partial charge in [-0.2, -0.15) is 0 Å². The molecule has 0 fully saturated rings. The van der Waals surface area contributed by atoms with Crippen LogP contribution < -0.4 is 0 Å². The third kappa shape index (κ3) is 2.50. The van der Waals surface area contributed by atoms with Crippen molar-refractivity contribution in [2.45, 2.75) is 6.92 Å². The fourth-order valence-corrected chi connectivity index (χ4v) is 3.14. The molecule has 0 saturated heterocycles. The highest BCUT2D eigenvalue weighted by molar-refractivity contribution is 6.42. The van der Waals surface area contributed by atoms with Crippen LogP contribution in [0.2, 0.25) is 10.0 Å². The van der Waals surface area contributed by atoms with E-state index in [9.17, 15) is 0 Å². The van der Waals surface area contributed by atoms with Crippen LogP contribution in [0.5, 0.6) is 0 Å². The molecule has 4 aromatic rings. The van der Waals surface area contributed by atoms with Crippen molar-refractivity contribution in [3.63, 3.8) is 0 Å². The smallest absolute Gasteiger partial charge is 0.214 e. The van der Waals surface area contributed by atoms with E-state index in [-0.39, 0.29) is 0 Å². The lowest BCUT2D eigenvalue weighted by molar-refractivity contribution is 0.945. The molecule has 5 heteroatoms. The first-order valence-corrected chi connectivity index (χ1v) is 8.35. The summed E-state index contributed by atoms with van der Waals surface area (Å²) in [6, 6.07) is 14.0. The summed E-state index contributed by atoms with van der Waals surface area (Å²) in [6.45, 7) is 2.08. The summed E-state index contributed by atoms with van der Waals surface area (Å²) in [6.07, 6.45) is 4.10. The summed E-state index contributed by atoms with van der Waals surface area (Å²) in [5, 5.41) is 1.11. The molecule has 0 radical (unpaired) electrons. The van der Waals surface area contributed by atoms with Gasteiger partial charge in [-0.25, -0.2) is 4.98 Å². The van der Waals surface area contributed by atoms with Crippen molar-refractivity contribution in [2.75, 3.05) is 0 Å². The van der Waals surface area contributed by atoms with Crippen molar-refractivity contribution in [3.8, 4) is 22.5 Å². The van der Waals surface area contributed by atoms with Crippen LogP contribution in [0.4, 0.5) is 0 Å². The van der Waals surface area contributed by atoms with Crippen molar-refractivity contribution in [1.82, 2.24) is 14.0 Å². The standard InChI is InChI=1S/C19H15Cl2N3/c1-12-3-5-13(6-4-12)17-10-24-11-18(23(2)19(24)22-17)14-7-8-15(20)16(21)9-14/h3-11H,1-2H3. The van der Waals surface area contributed by atoms with Gasteiger partial charge in [0.05, 0.1) is 21.4 Å². The molecule has 0 aliphatic heterocycles. The Kier molecular flexibility index (Phi) is 3.63. The van der Waals surface area contributed by atoms with Gasteiger partial charge in [0.25, 0.3) is 0 Å². The normalized spacial score (nSPS) is 11.3. The Morgan fingerprint density at radius 1 is 0.875 bits per heavy atom. The van der Waals surface area contributed by atoms with Gasteiger partial charge in [0.15, 0.2) is 0 Å². The SMILES string of the molecule is Cc1ccc(-c2cn3cc(-c4ccc(Cl)c(Cl)c4)n(C)c3n2)cc1. The lowest BCUT2D eigenvalue weighted by Gasteiger charge is -2.04. The molecule has 3 nitrogen and oxygen atoms in total. The number of hydrogen-bond donors (Lipinski definition) is 0. The monoisotopic (exact) mass is 355 g/mol. The molecular weight excluding hydrogens is 341 g/mol. The van der Waals surface area contributed by atoms with Gasteiger partial charge >= 0.3 is 0 Å². The van der Waals surface area contributed by atoms with E-state index in [1.165, 1.54) is 5.56 Å². The zero-order valence-electron chi connectivity index (χ0n) is 13.3. The number of fused-ring (bicyclic) bond motifs is 1. The van der Waals surface area contributed by atoms with Crippen LogP contribution >= 0.6 is 23.2 Å². The molecule has 0 unspecified atom stereocenters. The minimum Gasteiger partial charge on any atom is -0.313 e. The Labute approximate surface area is 150 Å². The molecule has 0 spiro atoms. The predicted octanol–water partition coefficient (Wildman–Crippen LogP) is 5.62. The number of halogens is 2. The summed E-state index contributed by atoms with van der Waals surface area (Å²) in [5.41, 5.74) is 5.35. The lowest BCUT2D eigenvalue weighted by atomic mass is 10.1. The Morgan fingerprint density at radius 2 is 1.58 bits per heavy atom. The number of aryl methyl sites for hydroxylation is 2. The summed E-state index contributed by atoms with van der Waals surface area (Å²) in [5.74, 6) is 0.881. The van der Waals surface area contributed by atoms with Gasteiger partial charge in [0.2, 0.25) is 5.78 Å². The molecule has 0 N–H and O–H groups in total. The van der Waals surface area contributed by atoms with E-state index in [1.807, 2.05) is 35.8 Å². The fourth-order valence-electron chi connectivity index (χ4n) is 2.84. The topological polar surface area (TPSA) is 22.2 Å². The first-order valence-electron chi connectivity index (χ1n) is 7.60. The van der Waals surface area contributed by atoms with Crippen LogP contribution in [0, 0.1) is 6.92 Å². The summed E-state index contributed by atoms with van der Waals surface area (Å²) < 4.78 is 4.09. The number of nitrogens with zero attached hydrogens (tertiary/aromatic N) is 3. The first-order chi connectivity index (χ1) is 11.5. The van der Waals surface area contributed by atoms with Crippen molar-refractivity contribution in [2.24, 2.45) is 7.05 Å². The van der Waals surface area contributed by atoms with Gasteiger partial charge in [0.1, 0.15) is 0 Å². The van der Waals surface area contributed by atoms with E-state index in [4.69, 9.17) is 28.2 Å². The van der Waals surface area contributed by atoms with Crippen molar-refractivity contribution in [3.05, 3.63) is 70.5 Å². The third-order valence-corrected chi connectivity index (χ3v) is 4.94. The van der Waals surface area contributed by atoms with E-state index >= 15 is 0 Å². The van der Waals surface area contributed by atoms with Gasteiger partial charge in [-0.05, 0) is 19.1 Å². The Hall–Kier alpha value is -2.23. The fraction of sp³-hybridized carbons (Fsp3) is 0.105. The van der Waals surface area contributed by atoms with Gasteiger partial charge in [-0.1, -0.05) is 59.1 Å². The second-order valence-electron chi connectivity index (χ2n) is 5.90. The Balaban J connectivity index is 1.80. The minimum absolute atomic E-state index is 0.549. The first kappa shape index (κ1) is 15.3. The van der Waals surface area contributed by atoms with E-state index in [0.29, 0.717) is 10.0 Å². The average molecular weight is 356 g/mol. The van der Waals surface area contributed by atoms with Gasteiger partial charge in [-0.3, -0.25) is 4.40 Å². The van der Waals surface area contributed by atoms with Crippen LogP contribution in [0.3, 0.4) is 0 Å². The van der Waals surface area contributed by atoms with Crippen molar-refractivity contribution in [1.29, 1.82) is 0 Å². The third-order valence-electron chi connectivity index (χ3n) is 4.20. The Bertz CT molecular complexity index is 1040. The second kappa shape index (κ2) is 5.69. The summed E-state index contributed by atoms with van der Waals surface area (Å²) in [7, 11) is 2.00. The molecule has 24 heavy (non-hydrogen) atoms. The molecule has 0 amide bonds. The maximum absolute atomic E-state index is 6.14. The highest BCUT2D eigenvalue weighted by atomic mass is 35.5. The number of rotatable bonds is 2. The molecule has 2 aromatic heterocycles. The van der Waals surface area contributed by atoms with Gasteiger partial charge < -0.3 is 4.57 Å². The zero-order chi connectivity index (χ0) is 16.8. The molecule has 4 rings (SSSR count). The second-order valence-corrected chi connectivity index (χ2v) is 6.72. The van der Waals surface area contributed by atoms with Crippen LogP contribution in [-0.4, -0.2) is 14.0 Å². The maximum Gasteiger partial charge on any atom is 0.214 e. The molecule has 2 aromatic carbocycles. The molecule has 2 heterocycles. The molecule has 0 bridgehead atoms. The quantitative estimate of drug-likeness (QED) is 0.457. The molecule has 0 atom stereocenters. The van der Waals surface area contributed by atoms with Gasteiger partial charge in [0, 0.05) is 30.6 Å². The molecular formula is C19H15Cl2N3. The van der Waals surface area contributed by atoms with Crippen molar-refractivity contribution >= 4 is 29.0 Å². The number of imidazole rings is 2. The number of benzene rings is 2. The Morgan fingerprint density at radius 3 is 2.25 bits per heavy atom. The zero-order valence-corrected chi connectivity index (χ0v) is 14.8. The highest BCUT2D eigenvalue weighted by Gasteiger charge is 2.13. The van der Waals surface area contributed by atoms with E-state index < -0.39 is 0 Å².